The van der Waals surface area contributed by atoms with Gasteiger partial charge in [-0.25, -0.2) is 4.39 Å². The summed E-state index contributed by atoms with van der Waals surface area (Å²) in [7, 11) is 0. The quantitative estimate of drug-likeness (QED) is 0.381. The Hall–Kier alpha value is -2.58. The van der Waals surface area contributed by atoms with Crippen LogP contribution in [0.1, 0.15) is 90.9 Å². The van der Waals surface area contributed by atoms with Crippen LogP contribution in [0.25, 0.3) is 0 Å². The maximum Gasteiger partial charge on any atom is 0.224 e. The average molecular weight is 524 g/mol. The Morgan fingerprint density at radius 2 is 1.76 bits per heavy atom. The van der Waals surface area contributed by atoms with Crippen LogP contribution >= 0.6 is 11.3 Å². The van der Waals surface area contributed by atoms with Crippen molar-refractivity contribution in [2.24, 2.45) is 0 Å². The molecule has 1 aromatic carbocycles. The van der Waals surface area contributed by atoms with Crippen LogP contribution in [0, 0.1) is 19.7 Å². The SMILES string of the molecule is Cc1ccc(C(CCN2C3CCC2CC(n2c(C)nnc2C(C)C)C3)NC(=O)Cc2ccc(F)cc2)s1. The van der Waals surface area contributed by atoms with Crippen LogP contribution in [-0.4, -0.2) is 44.2 Å². The Balaban J connectivity index is 1.25. The van der Waals surface area contributed by atoms with E-state index in [0.29, 0.717) is 24.0 Å². The number of thiophene rings is 1. The van der Waals surface area contributed by atoms with Gasteiger partial charge in [0, 0.05) is 40.3 Å². The van der Waals surface area contributed by atoms with Crippen LogP contribution in [-0.2, 0) is 11.2 Å². The van der Waals surface area contributed by atoms with E-state index in [1.807, 2.05) is 0 Å². The minimum absolute atomic E-state index is 0.0172. The predicted octanol–water partition coefficient (Wildman–Crippen LogP) is 5.88. The molecule has 3 atom stereocenters. The highest BCUT2D eigenvalue weighted by Gasteiger charge is 2.42. The molecule has 2 fully saturated rings. The molecule has 2 aliphatic rings. The van der Waals surface area contributed by atoms with Crippen LogP contribution in [0.3, 0.4) is 0 Å². The first-order valence-corrected chi connectivity index (χ1v) is 14.4. The van der Waals surface area contributed by atoms with Crippen LogP contribution < -0.4 is 5.32 Å². The lowest BCUT2D eigenvalue weighted by atomic mass is 9.95. The molecule has 0 radical (unpaired) electrons. The number of fused-ring (bicyclic) bond motifs is 2. The van der Waals surface area contributed by atoms with Crippen molar-refractivity contribution in [2.45, 2.75) is 96.3 Å². The zero-order valence-corrected chi connectivity index (χ0v) is 23.1. The minimum Gasteiger partial charge on any atom is -0.348 e. The van der Waals surface area contributed by atoms with Crippen LogP contribution in [0.15, 0.2) is 36.4 Å². The molecular formula is C29H38FN5OS. The molecule has 2 aromatic heterocycles. The van der Waals surface area contributed by atoms with Crippen molar-refractivity contribution in [2.75, 3.05) is 6.54 Å². The van der Waals surface area contributed by atoms with Crippen LogP contribution in [0.2, 0.25) is 0 Å². The summed E-state index contributed by atoms with van der Waals surface area (Å²) in [4.78, 5) is 18.1. The summed E-state index contributed by atoms with van der Waals surface area (Å²) in [6.07, 6.45) is 5.88. The molecule has 8 heteroatoms. The normalized spacial score (nSPS) is 22.5. The number of amides is 1. The highest BCUT2D eigenvalue weighted by atomic mass is 32.1. The lowest BCUT2D eigenvalue weighted by molar-refractivity contribution is -0.121. The smallest absolute Gasteiger partial charge is 0.224 e. The summed E-state index contributed by atoms with van der Waals surface area (Å²) < 4.78 is 15.7. The molecule has 37 heavy (non-hydrogen) atoms. The van der Waals surface area contributed by atoms with Gasteiger partial charge in [-0.2, -0.15) is 0 Å². The van der Waals surface area contributed by atoms with E-state index in [9.17, 15) is 9.18 Å². The molecule has 0 aliphatic carbocycles. The molecule has 3 unspecified atom stereocenters. The molecule has 1 N–H and O–H groups in total. The fourth-order valence-corrected chi connectivity index (χ4v) is 7.25. The molecule has 1 amide bonds. The van der Waals surface area contributed by atoms with E-state index in [4.69, 9.17) is 0 Å². The van der Waals surface area contributed by atoms with Gasteiger partial charge in [0.2, 0.25) is 5.91 Å². The molecule has 6 nitrogen and oxygen atoms in total. The summed E-state index contributed by atoms with van der Waals surface area (Å²) in [5.41, 5.74) is 0.824. The summed E-state index contributed by atoms with van der Waals surface area (Å²) in [5, 5.41) is 12.2. The first kappa shape index (κ1) is 26.0. The zero-order valence-electron chi connectivity index (χ0n) is 22.3. The van der Waals surface area contributed by atoms with Gasteiger partial charge < -0.3 is 9.88 Å². The number of halogens is 1. The summed E-state index contributed by atoms with van der Waals surface area (Å²) in [6, 6.07) is 12.0. The number of hydrogen-bond donors (Lipinski definition) is 1. The molecule has 5 rings (SSSR count). The molecule has 198 valence electrons. The third kappa shape index (κ3) is 5.80. The molecular weight excluding hydrogens is 485 g/mol. The third-order valence-electron chi connectivity index (χ3n) is 8.03. The number of carbonyl (C=O) groups excluding carboxylic acids is 1. The standard InChI is InChI=1S/C29H38FN5OS/c1-18(2)29-33-32-20(4)35(29)25-16-23-10-11-24(17-25)34(23)14-13-26(27-12-5-19(3)37-27)31-28(36)15-21-6-8-22(30)9-7-21/h5-9,12,18,23-26H,10-11,13-17H2,1-4H3,(H,31,36). The molecule has 2 aliphatic heterocycles. The lowest BCUT2D eigenvalue weighted by Gasteiger charge is -2.40. The number of nitrogens with zero attached hydrogens (tertiary/aromatic N) is 4. The van der Waals surface area contributed by atoms with E-state index < -0.39 is 0 Å². The van der Waals surface area contributed by atoms with E-state index >= 15 is 0 Å². The van der Waals surface area contributed by atoms with Gasteiger partial charge in [0.15, 0.2) is 0 Å². The van der Waals surface area contributed by atoms with Crippen molar-refractivity contribution in [1.29, 1.82) is 0 Å². The molecule has 0 saturated carbocycles. The van der Waals surface area contributed by atoms with Crippen LogP contribution in [0.4, 0.5) is 4.39 Å². The second-order valence-electron chi connectivity index (χ2n) is 11.0. The minimum atomic E-state index is -0.283. The Kier molecular flexibility index (Phi) is 7.77. The van der Waals surface area contributed by atoms with Gasteiger partial charge in [0.1, 0.15) is 17.5 Å². The lowest BCUT2D eigenvalue weighted by Crippen LogP contribution is -2.45. The number of hydrogen-bond acceptors (Lipinski definition) is 5. The largest absolute Gasteiger partial charge is 0.348 e. The van der Waals surface area contributed by atoms with Gasteiger partial charge in [-0.1, -0.05) is 26.0 Å². The van der Waals surface area contributed by atoms with E-state index in [2.05, 4.69) is 64.8 Å². The van der Waals surface area contributed by atoms with E-state index in [1.165, 1.54) is 34.7 Å². The molecule has 0 spiro atoms. The maximum absolute atomic E-state index is 13.3. The van der Waals surface area contributed by atoms with Gasteiger partial charge in [0.25, 0.3) is 0 Å². The number of aryl methyl sites for hydroxylation is 2. The number of piperidine rings is 1. The summed E-state index contributed by atoms with van der Waals surface area (Å²) in [5.74, 6) is 2.19. The predicted molar refractivity (Wildman–Crippen MR) is 145 cm³/mol. The van der Waals surface area contributed by atoms with Gasteiger partial charge in [0.05, 0.1) is 12.5 Å². The first-order chi connectivity index (χ1) is 17.8. The Morgan fingerprint density at radius 3 is 2.38 bits per heavy atom. The van der Waals surface area contributed by atoms with E-state index in [1.54, 1.807) is 23.5 Å². The van der Waals surface area contributed by atoms with Crippen molar-refractivity contribution in [3.05, 3.63) is 69.2 Å². The molecule has 2 saturated heterocycles. The number of nitrogens with one attached hydrogen (secondary N) is 1. The van der Waals surface area contributed by atoms with Gasteiger partial charge in [-0.3, -0.25) is 9.69 Å². The maximum atomic E-state index is 13.3. The zero-order chi connectivity index (χ0) is 26.1. The second kappa shape index (κ2) is 11.0. The van der Waals surface area contributed by atoms with Crippen molar-refractivity contribution in [1.82, 2.24) is 25.0 Å². The molecule has 4 heterocycles. The Labute approximate surface area is 223 Å². The summed E-state index contributed by atoms with van der Waals surface area (Å²) in [6.45, 7) is 9.55. The molecule has 2 bridgehead atoms. The second-order valence-corrected chi connectivity index (χ2v) is 12.4. The Morgan fingerprint density at radius 1 is 1.05 bits per heavy atom. The van der Waals surface area contributed by atoms with Crippen molar-refractivity contribution in [3.8, 4) is 0 Å². The fraction of sp³-hybridized carbons (Fsp3) is 0.552. The van der Waals surface area contributed by atoms with Gasteiger partial charge in [-0.15, -0.1) is 21.5 Å². The number of benzene rings is 1. The molecule has 3 aromatic rings. The number of aromatic nitrogens is 3. The monoisotopic (exact) mass is 523 g/mol. The topological polar surface area (TPSA) is 63.1 Å². The Bertz CT molecular complexity index is 1210. The van der Waals surface area contributed by atoms with Crippen molar-refractivity contribution < 1.29 is 9.18 Å². The van der Waals surface area contributed by atoms with Gasteiger partial charge in [-0.05, 0) is 75.8 Å². The van der Waals surface area contributed by atoms with Crippen molar-refractivity contribution in [3.63, 3.8) is 0 Å². The number of carbonyl (C=O) groups is 1. The summed E-state index contributed by atoms with van der Waals surface area (Å²) >= 11 is 1.75. The fourth-order valence-electron chi connectivity index (χ4n) is 6.29. The highest BCUT2D eigenvalue weighted by Crippen LogP contribution is 2.42. The number of rotatable bonds is 9. The average Bonchev–Trinajstić information content (AvgIpc) is 3.53. The van der Waals surface area contributed by atoms with E-state index in [-0.39, 0.29) is 24.2 Å². The van der Waals surface area contributed by atoms with Crippen LogP contribution in [0.5, 0.6) is 0 Å². The first-order valence-electron chi connectivity index (χ1n) is 13.6. The highest BCUT2D eigenvalue weighted by molar-refractivity contribution is 7.12. The third-order valence-corrected chi connectivity index (χ3v) is 9.14. The van der Waals surface area contributed by atoms with E-state index in [0.717, 1.165) is 43.0 Å². The van der Waals surface area contributed by atoms with Crippen molar-refractivity contribution >= 4 is 17.2 Å². The van der Waals surface area contributed by atoms with Gasteiger partial charge >= 0.3 is 0 Å².